The van der Waals surface area contributed by atoms with Crippen LogP contribution in [-0.2, 0) is 66.4 Å². The minimum atomic E-state index is -0.0623. The molecule has 3 amide bonds. The Morgan fingerprint density at radius 2 is 0.917 bits per heavy atom. The summed E-state index contributed by atoms with van der Waals surface area (Å²) >= 11 is 1.90. The predicted octanol–water partition coefficient (Wildman–Crippen LogP) is 2.18. The lowest BCUT2D eigenvalue weighted by atomic mass is 10.0. The highest BCUT2D eigenvalue weighted by Crippen LogP contribution is 2.33. The van der Waals surface area contributed by atoms with Crippen LogP contribution < -0.4 is 16.0 Å². The zero-order valence-electron chi connectivity index (χ0n) is 36.3. The van der Waals surface area contributed by atoms with Crippen molar-refractivity contribution in [1.29, 1.82) is 0 Å². The van der Waals surface area contributed by atoms with E-state index in [-0.39, 0.29) is 29.8 Å². The highest BCUT2D eigenvalue weighted by Gasteiger charge is 2.42. The fourth-order valence-electron chi connectivity index (χ4n) is 5.83. The van der Waals surface area contributed by atoms with E-state index < -0.39 is 0 Å². The normalized spacial score (nSPS) is 17.2. The Labute approximate surface area is 362 Å². The average molecular weight is 884 g/mol. The van der Waals surface area contributed by atoms with Gasteiger partial charge in [-0.15, -0.1) is 0 Å². The molecule has 3 atom stereocenters. The highest BCUT2D eigenvalue weighted by atomic mass is 32.2. The summed E-state index contributed by atoms with van der Waals surface area (Å²) in [5.41, 5.74) is 0. The van der Waals surface area contributed by atoms with Crippen LogP contribution in [0.2, 0.25) is 0 Å². The maximum atomic E-state index is 12.1. The van der Waals surface area contributed by atoms with E-state index in [1.807, 2.05) is 11.8 Å². The van der Waals surface area contributed by atoms with Crippen LogP contribution in [0.15, 0.2) is 0 Å². The van der Waals surface area contributed by atoms with Gasteiger partial charge >= 0.3 is 6.03 Å². The molecule has 2 aliphatic heterocycles. The van der Waals surface area contributed by atoms with Crippen molar-refractivity contribution in [2.45, 2.75) is 75.6 Å². The first kappa shape index (κ1) is 54.4. The molecule has 0 aromatic rings. The van der Waals surface area contributed by atoms with Gasteiger partial charge in [0.05, 0.1) is 171 Å². The largest absolute Gasteiger partial charge is 0.379 e. The molecule has 60 heavy (non-hydrogen) atoms. The molecule has 2 fully saturated rings. The number of carbonyl (C=O) groups excluding carboxylic acids is 3. The molecule has 0 aromatic carbocycles. The number of nitrogens with one attached hydrogen (secondary N) is 3. The van der Waals surface area contributed by atoms with E-state index in [0.29, 0.717) is 190 Å². The van der Waals surface area contributed by atoms with Gasteiger partial charge in [-0.2, -0.15) is 11.8 Å². The van der Waals surface area contributed by atoms with Gasteiger partial charge in [-0.05, 0) is 19.3 Å². The van der Waals surface area contributed by atoms with Gasteiger partial charge in [0, 0.05) is 36.8 Å². The quantitative estimate of drug-likeness (QED) is 0.0594. The summed E-state index contributed by atoms with van der Waals surface area (Å²) in [7, 11) is 0. The second-order valence-corrected chi connectivity index (χ2v) is 15.2. The topological polar surface area (TPSA) is 198 Å². The minimum absolute atomic E-state index is 0.0409. The summed E-state index contributed by atoms with van der Waals surface area (Å²) < 4.78 is 65.9. The lowest BCUT2D eigenvalue weighted by Crippen LogP contribution is -2.36. The molecule has 18 nitrogen and oxygen atoms in total. The summed E-state index contributed by atoms with van der Waals surface area (Å²) in [6, 6.07) is 0.400. The molecule has 2 rings (SSSR count). The van der Waals surface area contributed by atoms with Gasteiger partial charge in [-0.3, -0.25) is 9.59 Å². The summed E-state index contributed by atoms with van der Waals surface area (Å²) in [4.78, 5) is 35.1. The summed E-state index contributed by atoms with van der Waals surface area (Å²) in [5, 5.41) is 9.28. The van der Waals surface area contributed by atoms with E-state index in [2.05, 4.69) is 22.9 Å². The minimum Gasteiger partial charge on any atom is -0.379 e. The number of carbonyl (C=O) groups is 3. The monoisotopic (exact) mass is 884 g/mol. The Bertz CT molecular complexity index is 1020. The fraction of sp³-hybridized carbons (Fsp3) is 0.927. The first-order valence-corrected chi connectivity index (χ1v) is 23.0. The Kier molecular flexibility index (Phi) is 37.5. The summed E-state index contributed by atoms with van der Waals surface area (Å²) in [5.74, 6) is 1.26. The first-order chi connectivity index (χ1) is 29.6. The number of Topliss-reactive ketones (excluding diaryl/α,β-unsaturated/α-hetero) is 1. The van der Waals surface area contributed by atoms with Crippen LogP contribution in [-0.4, -0.2) is 206 Å². The van der Waals surface area contributed by atoms with E-state index in [0.717, 1.165) is 37.9 Å². The van der Waals surface area contributed by atoms with Crippen molar-refractivity contribution in [2.75, 3.05) is 171 Å². The number of ketones is 1. The zero-order valence-corrected chi connectivity index (χ0v) is 37.1. The smallest absolute Gasteiger partial charge is 0.315 e. The highest BCUT2D eigenvalue weighted by molar-refractivity contribution is 8.00. The Hall–Kier alpha value is -1.72. The molecule has 0 aromatic heterocycles. The van der Waals surface area contributed by atoms with Crippen LogP contribution in [0, 0.1) is 0 Å². The predicted molar refractivity (Wildman–Crippen MR) is 226 cm³/mol. The van der Waals surface area contributed by atoms with Crippen molar-refractivity contribution in [3.05, 3.63) is 0 Å². The SMILES string of the molecule is CCCCC(=O)CCOCCOCCOCCOCCOCCOCCOCCOCCOCCOCCOCCOCCNC(=O)CCCC[C@@H]1SC[C@@H]2NC(=O)N[C@@H]21. The second kappa shape index (κ2) is 41.3. The molecule has 2 saturated heterocycles. The fourth-order valence-corrected chi connectivity index (χ4v) is 7.37. The van der Waals surface area contributed by atoms with Gasteiger partial charge in [0.15, 0.2) is 0 Å². The number of amides is 3. The van der Waals surface area contributed by atoms with Crippen LogP contribution >= 0.6 is 11.8 Å². The van der Waals surface area contributed by atoms with Gasteiger partial charge < -0.3 is 72.8 Å². The number of hydrogen-bond acceptors (Lipinski definition) is 16. The third-order valence-corrected chi connectivity index (χ3v) is 10.6. The Balaban J connectivity index is 1.13. The third kappa shape index (κ3) is 32.9. The van der Waals surface area contributed by atoms with Crippen LogP contribution in [0.3, 0.4) is 0 Å². The van der Waals surface area contributed by atoms with Crippen LogP contribution in [0.4, 0.5) is 4.79 Å². The van der Waals surface area contributed by atoms with Crippen molar-refractivity contribution in [1.82, 2.24) is 16.0 Å². The van der Waals surface area contributed by atoms with Gasteiger partial charge in [0.25, 0.3) is 0 Å². The van der Waals surface area contributed by atoms with Crippen molar-refractivity contribution >= 4 is 29.5 Å². The standard InChI is InChI=1S/C41H77N3O15S/c1-2-3-6-36(45)9-11-48-13-15-50-17-19-52-21-23-54-25-27-56-29-31-58-33-34-59-32-30-57-28-26-55-24-22-53-20-18-51-16-14-49-12-10-42-39(46)8-5-4-7-38-40-37(35-60-38)43-41(47)44-40/h37-38,40H,2-35H2,1H3,(H,42,46)(H2,43,44,47)/t37-,38-,40-/m0/s1. The molecule has 2 aliphatic rings. The molecule has 0 radical (unpaired) electrons. The zero-order chi connectivity index (χ0) is 42.8. The van der Waals surface area contributed by atoms with Gasteiger partial charge in [-0.25, -0.2) is 4.79 Å². The molecular formula is C41H77N3O15S. The van der Waals surface area contributed by atoms with Crippen molar-refractivity contribution < 1.29 is 71.2 Å². The van der Waals surface area contributed by atoms with Crippen molar-refractivity contribution in [2.24, 2.45) is 0 Å². The maximum Gasteiger partial charge on any atom is 0.315 e. The van der Waals surface area contributed by atoms with Crippen molar-refractivity contribution in [3.8, 4) is 0 Å². The number of thioether (sulfide) groups is 1. The van der Waals surface area contributed by atoms with E-state index >= 15 is 0 Å². The number of hydrogen-bond donors (Lipinski definition) is 3. The van der Waals surface area contributed by atoms with Crippen LogP contribution in [0.25, 0.3) is 0 Å². The van der Waals surface area contributed by atoms with E-state index in [4.69, 9.17) is 56.8 Å². The lowest BCUT2D eigenvalue weighted by molar-refractivity contribution is -0.121. The molecule has 19 heteroatoms. The lowest BCUT2D eigenvalue weighted by Gasteiger charge is -2.16. The summed E-state index contributed by atoms with van der Waals surface area (Å²) in [6.07, 6.45) is 6.43. The van der Waals surface area contributed by atoms with Crippen LogP contribution in [0.1, 0.15) is 58.3 Å². The summed E-state index contributed by atoms with van der Waals surface area (Å²) in [6.45, 7) is 14.1. The maximum absolute atomic E-state index is 12.1. The second-order valence-electron chi connectivity index (χ2n) is 14.0. The van der Waals surface area contributed by atoms with Gasteiger partial charge in [-0.1, -0.05) is 19.8 Å². The van der Waals surface area contributed by atoms with E-state index in [1.54, 1.807) is 0 Å². The molecule has 2 heterocycles. The van der Waals surface area contributed by atoms with Gasteiger partial charge in [0.1, 0.15) is 5.78 Å². The number of rotatable bonds is 47. The molecule has 0 spiro atoms. The molecule has 0 bridgehead atoms. The third-order valence-electron chi connectivity index (χ3n) is 9.08. The Morgan fingerprint density at radius 3 is 1.33 bits per heavy atom. The van der Waals surface area contributed by atoms with Gasteiger partial charge in [0.2, 0.25) is 5.91 Å². The molecule has 3 N–H and O–H groups in total. The number of urea groups is 1. The van der Waals surface area contributed by atoms with Crippen LogP contribution in [0.5, 0.6) is 0 Å². The number of unbranched alkanes of at least 4 members (excludes halogenated alkanes) is 2. The number of fused-ring (bicyclic) bond motifs is 1. The molecule has 352 valence electrons. The van der Waals surface area contributed by atoms with E-state index in [1.165, 1.54) is 0 Å². The first-order valence-electron chi connectivity index (χ1n) is 22.0. The molecule has 0 saturated carbocycles. The molecule has 0 unspecified atom stereocenters. The van der Waals surface area contributed by atoms with Crippen molar-refractivity contribution in [3.63, 3.8) is 0 Å². The number of ether oxygens (including phenoxy) is 12. The Morgan fingerprint density at radius 1 is 0.517 bits per heavy atom. The van der Waals surface area contributed by atoms with E-state index in [9.17, 15) is 14.4 Å². The molecular weight excluding hydrogens is 807 g/mol. The average Bonchev–Trinajstić information content (AvgIpc) is 3.81. The molecule has 0 aliphatic carbocycles.